The van der Waals surface area contributed by atoms with Gasteiger partial charge in [-0.25, -0.2) is 8.42 Å². The van der Waals surface area contributed by atoms with E-state index in [1.807, 2.05) is 0 Å². The van der Waals surface area contributed by atoms with Crippen molar-refractivity contribution < 1.29 is 17.9 Å². The number of hydrogen-bond acceptors (Lipinski definition) is 5. The van der Waals surface area contributed by atoms with Crippen LogP contribution in [0.1, 0.15) is 31.4 Å². The first-order valence-corrected chi connectivity index (χ1v) is 11.9. The molecule has 0 aliphatic rings. The summed E-state index contributed by atoms with van der Waals surface area (Å²) in [5, 5.41) is 0.639. The Kier molecular flexibility index (Phi) is 8.82. The van der Waals surface area contributed by atoms with Crippen molar-refractivity contribution in [3.8, 4) is 11.5 Å². The van der Waals surface area contributed by atoms with Crippen molar-refractivity contribution in [2.45, 2.75) is 38.5 Å². The van der Waals surface area contributed by atoms with Crippen molar-refractivity contribution >= 4 is 27.3 Å². The normalized spacial score (nSPS) is 11.6. The number of halogens is 1. The van der Waals surface area contributed by atoms with Gasteiger partial charge in [0, 0.05) is 16.8 Å². The maximum absolute atomic E-state index is 13.0. The Labute approximate surface area is 185 Å². The molecule has 0 atom stereocenters. The van der Waals surface area contributed by atoms with Crippen LogP contribution in [0.2, 0.25) is 5.02 Å². The largest absolute Gasteiger partial charge is 0.493 e. The number of hydrogen-bond donors (Lipinski definition) is 1. The molecule has 0 radical (unpaired) electrons. The van der Waals surface area contributed by atoms with Gasteiger partial charge in [0.05, 0.1) is 19.1 Å². The van der Waals surface area contributed by atoms with E-state index in [1.165, 1.54) is 20.3 Å². The first kappa shape index (κ1) is 24.3. The molecule has 6 nitrogen and oxygen atoms in total. The Hall–Kier alpha value is -1.96. The summed E-state index contributed by atoms with van der Waals surface area (Å²) in [4.78, 5) is 2.48. The molecule has 0 aliphatic carbocycles. The summed E-state index contributed by atoms with van der Waals surface area (Å²) in [6.07, 6.45) is 1.73. The molecule has 0 fully saturated rings. The fraction of sp³-hybridized carbons (Fsp3) is 0.455. The lowest BCUT2D eigenvalue weighted by molar-refractivity contribution is 0.300. The van der Waals surface area contributed by atoms with Crippen LogP contribution in [0.15, 0.2) is 35.2 Å². The number of ether oxygens (including phenoxy) is 2. The van der Waals surface area contributed by atoms with Crippen LogP contribution in [0, 0.1) is 6.92 Å². The zero-order chi connectivity index (χ0) is 22.3. The van der Waals surface area contributed by atoms with Crippen LogP contribution >= 0.6 is 11.6 Å². The molecule has 0 heterocycles. The fourth-order valence-electron chi connectivity index (χ4n) is 3.32. The molecule has 166 valence electrons. The lowest BCUT2D eigenvalue weighted by Gasteiger charge is -2.18. The van der Waals surface area contributed by atoms with Gasteiger partial charge in [0.1, 0.15) is 0 Å². The number of benzene rings is 2. The molecule has 0 unspecified atom stereocenters. The molecule has 0 aromatic heterocycles. The predicted molar refractivity (Wildman–Crippen MR) is 123 cm³/mol. The standard InChI is InChI=1S/C22H31ClN2O4S/c1-6-25(7-2)12-8-9-17-14-18(10-11-19(17)23)24-30(26,27)22-15-21(29-5)20(28-4)13-16(22)3/h10-11,13-15,24H,6-9,12H2,1-5H3. The van der Waals surface area contributed by atoms with Crippen LogP contribution in [-0.2, 0) is 16.4 Å². The highest BCUT2D eigenvalue weighted by molar-refractivity contribution is 7.92. The molecule has 0 bridgehead atoms. The third kappa shape index (κ3) is 6.03. The summed E-state index contributed by atoms with van der Waals surface area (Å²) in [7, 11) is -0.824. The Morgan fingerprint density at radius 3 is 2.27 bits per heavy atom. The molecule has 0 aliphatic heterocycles. The van der Waals surface area contributed by atoms with Crippen LogP contribution in [0.3, 0.4) is 0 Å². The molecule has 30 heavy (non-hydrogen) atoms. The molecule has 0 saturated heterocycles. The van der Waals surface area contributed by atoms with Crippen molar-refractivity contribution in [1.29, 1.82) is 0 Å². The minimum Gasteiger partial charge on any atom is -0.493 e. The summed E-state index contributed by atoms with van der Waals surface area (Å²) < 4.78 is 39.2. The van der Waals surface area contributed by atoms with Crippen LogP contribution < -0.4 is 14.2 Å². The van der Waals surface area contributed by atoms with Crippen molar-refractivity contribution in [2.75, 3.05) is 38.6 Å². The molecule has 8 heteroatoms. The molecule has 0 spiro atoms. The van der Waals surface area contributed by atoms with Gasteiger partial charge in [0.2, 0.25) is 0 Å². The second-order valence-corrected chi connectivity index (χ2v) is 9.07. The summed E-state index contributed by atoms with van der Waals surface area (Å²) in [5.74, 6) is 0.840. The van der Waals surface area contributed by atoms with Crippen molar-refractivity contribution in [1.82, 2.24) is 4.90 Å². The Morgan fingerprint density at radius 2 is 1.67 bits per heavy atom. The quantitative estimate of drug-likeness (QED) is 0.531. The van der Waals surface area contributed by atoms with Crippen molar-refractivity contribution in [3.05, 3.63) is 46.5 Å². The Balaban J connectivity index is 2.23. The van der Waals surface area contributed by atoms with Crippen LogP contribution in [0.5, 0.6) is 11.5 Å². The summed E-state index contributed by atoms with van der Waals surface area (Å²) in [5.41, 5.74) is 1.97. The number of rotatable bonds is 11. The molecular formula is C22H31ClN2O4S. The van der Waals surface area contributed by atoms with Gasteiger partial charge in [-0.2, -0.15) is 0 Å². The van der Waals surface area contributed by atoms with E-state index in [4.69, 9.17) is 21.1 Å². The smallest absolute Gasteiger partial charge is 0.262 e. The Bertz CT molecular complexity index is 960. The number of aryl methyl sites for hydroxylation is 2. The number of anilines is 1. The van der Waals surface area contributed by atoms with Gasteiger partial charge in [0.25, 0.3) is 10.0 Å². The summed E-state index contributed by atoms with van der Waals surface area (Å²) in [6.45, 7) is 8.99. The third-order valence-corrected chi connectivity index (χ3v) is 6.98. The average Bonchev–Trinajstić information content (AvgIpc) is 2.72. The van der Waals surface area contributed by atoms with E-state index in [2.05, 4.69) is 23.5 Å². The topological polar surface area (TPSA) is 67.9 Å². The lowest BCUT2D eigenvalue weighted by atomic mass is 10.1. The third-order valence-electron chi connectivity index (χ3n) is 5.08. The summed E-state index contributed by atoms with van der Waals surface area (Å²) in [6, 6.07) is 8.32. The second-order valence-electron chi connectivity index (χ2n) is 7.01. The zero-order valence-electron chi connectivity index (χ0n) is 18.3. The van der Waals surface area contributed by atoms with E-state index in [9.17, 15) is 8.42 Å². The number of nitrogens with zero attached hydrogens (tertiary/aromatic N) is 1. The molecular weight excluding hydrogens is 424 g/mol. The zero-order valence-corrected chi connectivity index (χ0v) is 19.9. The maximum atomic E-state index is 13.0. The van der Waals surface area contributed by atoms with E-state index in [1.54, 1.807) is 31.2 Å². The van der Waals surface area contributed by atoms with Gasteiger partial charge in [-0.05, 0) is 74.8 Å². The van der Waals surface area contributed by atoms with Crippen LogP contribution in [0.4, 0.5) is 5.69 Å². The highest BCUT2D eigenvalue weighted by Crippen LogP contribution is 2.33. The van der Waals surface area contributed by atoms with Gasteiger partial charge < -0.3 is 14.4 Å². The monoisotopic (exact) mass is 454 g/mol. The lowest BCUT2D eigenvalue weighted by Crippen LogP contribution is -2.24. The van der Waals surface area contributed by atoms with Gasteiger partial charge in [0.15, 0.2) is 11.5 Å². The van der Waals surface area contributed by atoms with Crippen LogP contribution in [0.25, 0.3) is 0 Å². The molecule has 0 saturated carbocycles. The van der Waals surface area contributed by atoms with Crippen LogP contribution in [-0.4, -0.2) is 47.2 Å². The highest BCUT2D eigenvalue weighted by Gasteiger charge is 2.21. The molecule has 0 amide bonds. The number of sulfonamides is 1. The van der Waals surface area contributed by atoms with Gasteiger partial charge in [-0.15, -0.1) is 0 Å². The van der Waals surface area contributed by atoms with E-state index in [0.717, 1.165) is 38.0 Å². The average molecular weight is 455 g/mol. The SMILES string of the molecule is CCN(CC)CCCc1cc(NS(=O)(=O)c2cc(OC)c(OC)cc2C)ccc1Cl. The van der Waals surface area contributed by atoms with E-state index >= 15 is 0 Å². The van der Waals surface area contributed by atoms with Gasteiger partial charge in [-0.1, -0.05) is 25.4 Å². The van der Waals surface area contributed by atoms with Gasteiger partial charge in [-0.3, -0.25) is 4.72 Å². The van der Waals surface area contributed by atoms with Gasteiger partial charge >= 0.3 is 0 Å². The first-order chi connectivity index (χ1) is 14.2. The molecule has 1 N–H and O–H groups in total. The number of methoxy groups -OCH3 is 2. The predicted octanol–water partition coefficient (Wildman–Crippen LogP) is 4.74. The van der Waals surface area contributed by atoms with E-state index < -0.39 is 10.0 Å². The second kappa shape index (κ2) is 10.9. The van der Waals surface area contributed by atoms with E-state index in [0.29, 0.717) is 27.8 Å². The molecule has 2 rings (SSSR count). The van der Waals surface area contributed by atoms with E-state index in [-0.39, 0.29) is 4.90 Å². The molecule has 2 aromatic carbocycles. The fourth-order valence-corrected chi connectivity index (χ4v) is 4.83. The number of nitrogens with one attached hydrogen (secondary N) is 1. The minimum atomic E-state index is -3.81. The first-order valence-electron chi connectivity index (χ1n) is 10.0. The van der Waals surface area contributed by atoms with Crippen molar-refractivity contribution in [3.63, 3.8) is 0 Å². The minimum absolute atomic E-state index is 0.137. The Morgan fingerprint density at radius 1 is 1.03 bits per heavy atom. The summed E-state index contributed by atoms with van der Waals surface area (Å²) >= 11 is 6.34. The molecule has 2 aromatic rings. The highest BCUT2D eigenvalue weighted by atomic mass is 35.5. The van der Waals surface area contributed by atoms with Crippen molar-refractivity contribution in [2.24, 2.45) is 0 Å². The maximum Gasteiger partial charge on any atom is 0.262 e.